The van der Waals surface area contributed by atoms with Crippen molar-refractivity contribution in [1.29, 1.82) is 0 Å². The number of nitrogens with two attached hydrogens (primary N) is 1. The van der Waals surface area contributed by atoms with Gasteiger partial charge in [-0.2, -0.15) is 0 Å². The van der Waals surface area contributed by atoms with Crippen LogP contribution in [-0.2, 0) is 6.42 Å². The van der Waals surface area contributed by atoms with Crippen molar-refractivity contribution in [2.45, 2.75) is 19.4 Å². The number of hydrogen-bond donors (Lipinski definition) is 2. The van der Waals surface area contributed by atoms with Crippen LogP contribution in [0.5, 0.6) is 0 Å². The maximum atomic E-state index is 5.67. The van der Waals surface area contributed by atoms with E-state index in [0.717, 1.165) is 6.42 Å². The lowest BCUT2D eigenvalue weighted by molar-refractivity contribution is 0.549. The second-order valence-electron chi connectivity index (χ2n) is 4.27. The molecule has 0 amide bonds. The fourth-order valence-electron chi connectivity index (χ4n) is 2.09. The molecule has 0 bridgehead atoms. The molecule has 0 aliphatic heterocycles. The van der Waals surface area contributed by atoms with Gasteiger partial charge in [0.1, 0.15) is 0 Å². The van der Waals surface area contributed by atoms with Gasteiger partial charge in [0.2, 0.25) is 0 Å². The van der Waals surface area contributed by atoms with Crippen molar-refractivity contribution in [2.24, 2.45) is 5.84 Å². The third kappa shape index (κ3) is 2.93. The number of nitrogens with one attached hydrogen (secondary N) is 1. The quantitative estimate of drug-likeness (QED) is 0.621. The molecule has 17 heavy (non-hydrogen) atoms. The average Bonchev–Trinajstić information content (AvgIpc) is 2.38. The van der Waals surface area contributed by atoms with Crippen LogP contribution in [0.4, 0.5) is 0 Å². The van der Waals surface area contributed by atoms with Gasteiger partial charge in [0.15, 0.2) is 0 Å². The zero-order valence-corrected chi connectivity index (χ0v) is 10.1. The first-order chi connectivity index (χ1) is 8.31. The van der Waals surface area contributed by atoms with Crippen LogP contribution in [0.15, 0.2) is 54.6 Å². The molecule has 3 N–H and O–H groups in total. The molecular formula is C15H18N2. The zero-order chi connectivity index (χ0) is 12.1. The molecule has 0 spiro atoms. The Kier molecular flexibility index (Phi) is 3.91. The summed E-state index contributed by atoms with van der Waals surface area (Å²) in [6.45, 7) is 2.12. The smallest absolute Gasteiger partial charge is 0.0502 e. The summed E-state index contributed by atoms with van der Waals surface area (Å²) in [6.07, 6.45) is 0.905. The standard InChI is InChI=1S/C15H18N2/c1-12-7-5-6-10-14(12)15(17-16)11-13-8-3-2-4-9-13/h2-10,15,17H,11,16H2,1H3. The zero-order valence-electron chi connectivity index (χ0n) is 10.1. The van der Waals surface area contributed by atoms with E-state index in [9.17, 15) is 0 Å². The van der Waals surface area contributed by atoms with Gasteiger partial charge in [-0.25, -0.2) is 0 Å². The monoisotopic (exact) mass is 226 g/mol. The van der Waals surface area contributed by atoms with E-state index < -0.39 is 0 Å². The molecule has 0 saturated carbocycles. The molecule has 0 heterocycles. The summed E-state index contributed by atoms with van der Waals surface area (Å²) in [4.78, 5) is 0. The highest BCUT2D eigenvalue weighted by atomic mass is 15.2. The molecule has 1 atom stereocenters. The lowest BCUT2D eigenvalue weighted by Gasteiger charge is -2.18. The van der Waals surface area contributed by atoms with Gasteiger partial charge in [-0.3, -0.25) is 11.3 Å². The Morgan fingerprint density at radius 2 is 1.65 bits per heavy atom. The van der Waals surface area contributed by atoms with Crippen molar-refractivity contribution < 1.29 is 0 Å². The van der Waals surface area contributed by atoms with E-state index in [0.29, 0.717) is 0 Å². The Bertz CT molecular complexity index is 465. The van der Waals surface area contributed by atoms with Crippen LogP contribution >= 0.6 is 0 Å². The summed E-state index contributed by atoms with van der Waals surface area (Å²) in [6, 6.07) is 18.9. The van der Waals surface area contributed by atoms with Crippen molar-refractivity contribution in [3.63, 3.8) is 0 Å². The summed E-state index contributed by atoms with van der Waals surface area (Å²) >= 11 is 0. The number of hydrazine groups is 1. The van der Waals surface area contributed by atoms with Crippen LogP contribution in [-0.4, -0.2) is 0 Å². The summed E-state index contributed by atoms with van der Waals surface area (Å²) in [5, 5.41) is 0. The van der Waals surface area contributed by atoms with Crippen LogP contribution in [0.1, 0.15) is 22.7 Å². The van der Waals surface area contributed by atoms with Gasteiger partial charge < -0.3 is 0 Å². The van der Waals surface area contributed by atoms with E-state index in [-0.39, 0.29) is 6.04 Å². The van der Waals surface area contributed by atoms with Crippen molar-refractivity contribution in [3.05, 3.63) is 71.3 Å². The predicted octanol–water partition coefficient (Wildman–Crippen LogP) is 2.74. The van der Waals surface area contributed by atoms with Gasteiger partial charge in [0.05, 0.1) is 6.04 Å². The summed E-state index contributed by atoms with van der Waals surface area (Å²) in [5.74, 6) is 5.67. The maximum Gasteiger partial charge on any atom is 0.0502 e. The Labute approximate surface area is 102 Å². The van der Waals surface area contributed by atoms with Gasteiger partial charge in [-0.15, -0.1) is 0 Å². The molecule has 0 aromatic heterocycles. The van der Waals surface area contributed by atoms with E-state index >= 15 is 0 Å². The molecule has 2 heteroatoms. The molecule has 2 nitrogen and oxygen atoms in total. The Balaban J connectivity index is 2.21. The maximum absolute atomic E-state index is 5.67. The molecule has 2 aromatic rings. The first-order valence-corrected chi connectivity index (χ1v) is 5.87. The molecule has 0 aliphatic rings. The minimum Gasteiger partial charge on any atom is -0.271 e. The second-order valence-corrected chi connectivity index (χ2v) is 4.27. The van der Waals surface area contributed by atoms with Gasteiger partial charge in [-0.1, -0.05) is 54.6 Å². The highest BCUT2D eigenvalue weighted by molar-refractivity contribution is 5.30. The lowest BCUT2D eigenvalue weighted by atomic mass is 9.96. The fourth-order valence-corrected chi connectivity index (χ4v) is 2.09. The predicted molar refractivity (Wildman–Crippen MR) is 71.4 cm³/mol. The Morgan fingerprint density at radius 3 is 2.29 bits per heavy atom. The van der Waals surface area contributed by atoms with E-state index in [1.165, 1.54) is 16.7 Å². The van der Waals surface area contributed by atoms with Gasteiger partial charge in [0, 0.05) is 0 Å². The van der Waals surface area contributed by atoms with Crippen molar-refractivity contribution in [1.82, 2.24) is 5.43 Å². The van der Waals surface area contributed by atoms with Crippen LogP contribution in [0.25, 0.3) is 0 Å². The van der Waals surface area contributed by atoms with E-state index in [1.807, 2.05) is 6.07 Å². The number of rotatable bonds is 4. The van der Waals surface area contributed by atoms with Crippen LogP contribution in [0, 0.1) is 6.92 Å². The molecule has 0 saturated heterocycles. The molecule has 1 unspecified atom stereocenters. The van der Waals surface area contributed by atoms with Crippen molar-refractivity contribution in [2.75, 3.05) is 0 Å². The molecule has 0 fully saturated rings. The Morgan fingerprint density at radius 1 is 1.00 bits per heavy atom. The number of aryl methyl sites for hydroxylation is 1. The molecular weight excluding hydrogens is 208 g/mol. The molecule has 2 aromatic carbocycles. The van der Waals surface area contributed by atoms with Crippen molar-refractivity contribution >= 4 is 0 Å². The number of benzene rings is 2. The van der Waals surface area contributed by atoms with E-state index in [2.05, 4.69) is 60.9 Å². The van der Waals surface area contributed by atoms with Gasteiger partial charge in [0.25, 0.3) is 0 Å². The summed E-state index contributed by atoms with van der Waals surface area (Å²) < 4.78 is 0. The highest BCUT2D eigenvalue weighted by Crippen LogP contribution is 2.20. The minimum absolute atomic E-state index is 0.165. The molecule has 0 radical (unpaired) electrons. The van der Waals surface area contributed by atoms with E-state index in [1.54, 1.807) is 0 Å². The topological polar surface area (TPSA) is 38.0 Å². The van der Waals surface area contributed by atoms with E-state index in [4.69, 9.17) is 5.84 Å². The first-order valence-electron chi connectivity index (χ1n) is 5.87. The molecule has 0 aliphatic carbocycles. The van der Waals surface area contributed by atoms with Crippen molar-refractivity contribution in [3.8, 4) is 0 Å². The first kappa shape index (κ1) is 11.8. The second kappa shape index (κ2) is 5.62. The third-order valence-corrected chi connectivity index (χ3v) is 3.05. The highest BCUT2D eigenvalue weighted by Gasteiger charge is 2.11. The molecule has 88 valence electrons. The van der Waals surface area contributed by atoms with Gasteiger partial charge in [-0.05, 0) is 30.0 Å². The largest absolute Gasteiger partial charge is 0.271 e. The average molecular weight is 226 g/mol. The van der Waals surface area contributed by atoms with Crippen LogP contribution in [0.3, 0.4) is 0 Å². The number of hydrogen-bond acceptors (Lipinski definition) is 2. The fraction of sp³-hybridized carbons (Fsp3) is 0.200. The van der Waals surface area contributed by atoms with Crippen LogP contribution in [0.2, 0.25) is 0 Å². The lowest BCUT2D eigenvalue weighted by Crippen LogP contribution is -2.30. The van der Waals surface area contributed by atoms with Crippen LogP contribution < -0.4 is 11.3 Å². The normalized spacial score (nSPS) is 12.4. The summed E-state index contributed by atoms with van der Waals surface area (Å²) in [7, 11) is 0. The molecule has 2 rings (SSSR count). The third-order valence-electron chi connectivity index (χ3n) is 3.05. The minimum atomic E-state index is 0.165. The SMILES string of the molecule is Cc1ccccc1C(Cc1ccccc1)NN. The van der Waals surface area contributed by atoms with Gasteiger partial charge >= 0.3 is 0 Å². The Hall–Kier alpha value is -1.64. The summed E-state index contributed by atoms with van der Waals surface area (Å²) in [5.41, 5.74) is 6.73.